The molecule has 1 aliphatic rings. The Balaban J connectivity index is 1.92. The van der Waals surface area contributed by atoms with Crippen LogP contribution >= 0.6 is 0 Å². The van der Waals surface area contributed by atoms with Crippen molar-refractivity contribution in [2.45, 2.75) is 51.5 Å². The Bertz CT molecular complexity index is 117. The zero-order chi connectivity index (χ0) is 9.52. The average Bonchev–Trinajstić information content (AvgIpc) is 2.14. The molecule has 0 bridgehead atoms. The molecule has 0 aromatic heterocycles. The number of nitrogens with two attached hydrogens (primary N) is 1. The average molecular weight is 184 g/mol. The summed E-state index contributed by atoms with van der Waals surface area (Å²) in [6.45, 7) is 6.06. The molecule has 1 heterocycles. The van der Waals surface area contributed by atoms with Gasteiger partial charge >= 0.3 is 0 Å². The van der Waals surface area contributed by atoms with Crippen molar-refractivity contribution in [2.75, 3.05) is 19.6 Å². The summed E-state index contributed by atoms with van der Waals surface area (Å²) >= 11 is 0. The van der Waals surface area contributed by atoms with Gasteiger partial charge in [-0.3, -0.25) is 0 Å². The Morgan fingerprint density at radius 3 is 2.46 bits per heavy atom. The van der Waals surface area contributed by atoms with Crippen molar-refractivity contribution in [2.24, 2.45) is 5.73 Å². The van der Waals surface area contributed by atoms with Crippen LogP contribution in [0.5, 0.6) is 0 Å². The summed E-state index contributed by atoms with van der Waals surface area (Å²) in [5, 5.41) is 0. The van der Waals surface area contributed by atoms with Gasteiger partial charge in [0.1, 0.15) is 0 Å². The summed E-state index contributed by atoms with van der Waals surface area (Å²) in [5.74, 6) is 0. The summed E-state index contributed by atoms with van der Waals surface area (Å²) in [6, 6.07) is 0.390. The van der Waals surface area contributed by atoms with Gasteiger partial charge in [0, 0.05) is 6.04 Å². The smallest absolute Gasteiger partial charge is 0.00104 e. The van der Waals surface area contributed by atoms with E-state index in [1.165, 1.54) is 58.2 Å². The molecule has 1 aliphatic heterocycles. The topological polar surface area (TPSA) is 29.3 Å². The van der Waals surface area contributed by atoms with E-state index in [2.05, 4.69) is 11.8 Å². The van der Waals surface area contributed by atoms with Gasteiger partial charge in [-0.05, 0) is 52.2 Å². The summed E-state index contributed by atoms with van der Waals surface area (Å²) in [6.07, 6.45) is 8.08. The summed E-state index contributed by atoms with van der Waals surface area (Å²) in [7, 11) is 0. The third-order valence-corrected chi connectivity index (χ3v) is 2.83. The molecule has 1 atom stereocenters. The fraction of sp³-hybridized carbons (Fsp3) is 1.00. The lowest BCUT2D eigenvalue weighted by Gasteiger charge is -2.26. The monoisotopic (exact) mass is 184 g/mol. The van der Waals surface area contributed by atoms with Gasteiger partial charge in [-0.1, -0.05) is 12.8 Å². The molecule has 0 aliphatic carbocycles. The fourth-order valence-corrected chi connectivity index (χ4v) is 1.98. The Kier molecular flexibility index (Phi) is 5.40. The second kappa shape index (κ2) is 6.39. The van der Waals surface area contributed by atoms with Crippen LogP contribution in [0.1, 0.15) is 45.4 Å². The largest absolute Gasteiger partial charge is 0.328 e. The number of hydrogen-bond donors (Lipinski definition) is 1. The van der Waals surface area contributed by atoms with Gasteiger partial charge < -0.3 is 10.6 Å². The molecule has 1 unspecified atom stereocenters. The SMILES string of the molecule is CC(N)CCCCN1CCCCC1. The van der Waals surface area contributed by atoms with E-state index in [1.54, 1.807) is 0 Å². The molecule has 1 rings (SSSR count). The van der Waals surface area contributed by atoms with Crippen molar-refractivity contribution in [1.29, 1.82) is 0 Å². The van der Waals surface area contributed by atoms with E-state index in [9.17, 15) is 0 Å². The highest BCUT2D eigenvalue weighted by molar-refractivity contribution is 4.64. The molecular weight excluding hydrogens is 160 g/mol. The molecule has 0 amide bonds. The molecule has 2 N–H and O–H groups in total. The predicted molar refractivity (Wildman–Crippen MR) is 57.8 cm³/mol. The molecule has 1 saturated heterocycles. The highest BCUT2D eigenvalue weighted by Crippen LogP contribution is 2.10. The minimum atomic E-state index is 0.390. The van der Waals surface area contributed by atoms with Crippen LogP contribution in [0.15, 0.2) is 0 Å². The minimum absolute atomic E-state index is 0.390. The normalized spacial score (nSPS) is 21.7. The first-order chi connectivity index (χ1) is 6.29. The first-order valence-corrected chi connectivity index (χ1v) is 5.77. The zero-order valence-corrected chi connectivity index (χ0v) is 8.97. The standard InChI is InChI=1S/C11H24N2/c1-11(12)7-3-6-10-13-8-4-2-5-9-13/h11H,2-10,12H2,1H3. The van der Waals surface area contributed by atoms with Crippen molar-refractivity contribution in [1.82, 2.24) is 4.90 Å². The number of likely N-dealkylation sites (tertiary alicyclic amines) is 1. The maximum Gasteiger partial charge on any atom is 0.00104 e. The van der Waals surface area contributed by atoms with Crippen LogP contribution in [0.2, 0.25) is 0 Å². The Hall–Kier alpha value is -0.0800. The van der Waals surface area contributed by atoms with Crippen molar-refractivity contribution < 1.29 is 0 Å². The molecule has 0 aromatic rings. The van der Waals surface area contributed by atoms with E-state index >= 15 is 0 Å². The van der Waals surface area contributed by atoms with E-state index in [1.807, 2.05) is 0 Å². The number of unbranched alkanes of at least 4 members (excludes halogenated alkanes) is 1. The van der Waals surface area contributed by atoms with Crippen LogP contribution in [-0.2, 0) is 0 Å². The van der Waals surface area contributed by atoms with Crippen LogP contribution in [0.25, 0.3) is 0 Å². The molecule has 1 fully saturated rings. The third kappa shape index (κ3) is 5.27. The zero-order valence-electron chi connectivity index (χ0n) is 8.97. The van der Waals surface area contributed by atoms with Crippen LogP contribution in [0.4, 0.5) is 0 Å². The molecule has 2 nitrogen and oxygen atoms in total. The summed E-state index contributed by atoms with van der Waals surface area (Å²) < 4.78 is 0. The second-order valence-electron chi connectivity index (χ2n) is 4.38. The van der Waals surface area contributed by atoms with Crippen molar-refractivity contribution in [3.63, 3.8) is 0 Å². The predicted octanol–water partition coefficient (Wildman–Crippen LogP) is 1.99. The molecule has 78 valence electrons. The van der Waals surface area contributed by atoms with Crippen molar-refractivity contribution in [3.8, 4) is 0 Å². The molecular formula is C11H24N2. The highest BCUT2D eigenvalue weighted by Gasteiger charge is 2.08. The molecule has 0 spiro atoms. The van der Waals surface area contributed by atoms with Gasteiger partial charge in [0.2, 0.25) is 0 Å². The number of piperidine rings is 1. The highest BCUT2D eigenvalue weighted by atomic mass is 15.1. The molecule has 0 saturated carbocycles. The fourth-order valence-electron chi connectivity index (χ4n) is 1.98. The van der Waals surface area contributed by atoms with Crippen LogP contribution in [0.3, 0.4) is 0 Å². The van der Waals surface area contributed by atoms with E-state index in [0.717, 1.165) is 0 Å². The van der Waals surface area contributed by atoms with Crippen LogP contribution in [-0.4, -0.2) is 30.6 Å². The van der Waals surface area contributed by atoms with Gasteiger partial charge in [-0.25, -0.2) is 0 Å². The van der Waals surface area contributed by atoms with E-state index in [4.69, 9.17) is 5.73 Å². The lowest BCUT2D eigenvalue weighted by molar-refractivity contribution is 0.224. The van der Waals surface area contributed by atoms with E-state index in [0.29, 0.717) is 6.04 Å². The van der Waals surface area contributed by atoms with Gasteiger partial charge in [-0.15, -0.1) is 0 Å². The van der Waals surface area contributed by atoms with Crippen LogP contribution in [0, 0.1) is 0 Å². The lowest BCUT2D eigenvalue weighted by Crippen LogP contribution is -2.30. The first kappa shape index (κ1) is 11.0. The van der Waals surface area contributed by atoms with Gasteiger partial charge in [0.05, 0.1) is 0 Å². The Labute approximate surface area is 82.5 Å². The quantitative estimate of drug-likeness (QED) is 0.662. The van der Waals surface area contributed by atoms with Crippen molar-refractivity contribution >= 4 is 0 Å². The second-order valence-corrected chi connectivity index (χ2v) is 4.38. The molecule has 2 heteroatoms. The van der Waals surface area contributed by atoms with Gasteiger partial charge in [-0.2, -0.15) is 0 Å². The first-order valence-electron chi connectivity index (χ1n) is 5.77. The summed E-state index contributed by atoms with van der Waals surface area (Å²) in [4.78, 5) is 2.60. The molecule has 0 radical (unpaired) electrons. The summed E-state index contributed by atoms with van der Waals surface area (Å²) in [5.41, 5.74) is 5.70. The Morgan fingerprint density at radius 1 is 1.15 bits per heavy atom. The molecule has 13 heavy (non-hydrogen) atoms. The van der Waals surface area contributed by atoms with Gasteiger partial charge in [0.25, 0.3) is 0 Å². The maximum atomic E-state index is 5.70. The maximum absolute atomic E-state index is 5.70. The lowest BCUT2D eigenvalue weighted by atomic mass is 10.1. The number of hydrogen-bond acceptors (Lipinski definition) is 2. The number of rotatable bonds is 5. The van der Waals surface area contributed by atoms with Crippen LogP contribution < -0.4 is 5.73 Å². The van der Waals surface area contributed by atoms with Crippen molar-refractivity contribution in [3.05, 3.63) is 0 Å². The van der Waals surface area contributed by atoms with E-state index < -0.39 is 0 Å². The minimum Gasteiger partial charge on any atom is -0.328 e. The molecule has 0 aromatic carbocycles. The van der Waals surface area contributed by atoms with E-state index in [-0.39, 0.29) is 0 Å². The van der Waals surface area contributed by atoms with Gasteiger partial charge in [0.15, 0.2) is 0 Å². The number of nitrogens with zero attached hydrogens (tertiary/aromatic N) is 1. The Morgan fingerprint density at radius 2 is 1.85 bits per heavy atom. The third-order valence-electron chi connectivity index (χ3n) is 2.83.